The van der Waals surface area contributed by atoms with E-state index in [9.17, 15) is 9.59 Å². The second kappa shape index (κ2) is 3.04. The van der Waals surface area contributed by atoms with Gasteiger partial charge in [0.2, 0.25) is 5.88 Å². The molecule has 0 aliphatic heterocycles. The van der Waals surface area contributed by atoms with Crippen LogP contribution in [0.2, 0.25) is 0 Å². The Morgan fingerprint density at radius 1 is 1.75 bits per heavy atom. The molecule has 0 spiro atoms. The van der Waals surface area contributed by atoms with Gasteiger partial charge in [0.25, 0.3) is 11.5 Å². The Bertz CT molecular complexity index is 357. The number of hydrogen-bond acceptors (Lipinski definition) is 4. The molecule has 0 bridgehead atoms. The van der Waals surface area contributed by atoms with Gasteiger partial charge in [-0.2, -0.15) is 0 Å². The van der Waals surface area contributed by atoms with E-state index in [1.807, 2.05) is 0 Å². The van der Waals surface area contributed by atoms with E-state index in [0.29, 0.717) is 0 Å². The normalized spacial score (nSPS) is 9.42. The molecule has 1 heterocycles. The molecule has 1 aromatic heterocycles. The average molecular weight is 169 g/mol. The summed E-state index contributed by atoms with van der Waals surface area (Å²) in [5.74, 6) is -0.924. The number of methoxy groups -OCH3 is 1. The number of amides is 1. The van der Waals surface area contributed by atoms with E-state index >= 15 is 0 Å². The fourth-order valence-corrected chi connectivity index (χ4v) is 0.755. The van der Waals surface area contributed by atoms with Crippen molar-refractivity contribution >= 4 is 5.91 Å². The van der Waals surface area contributed by atoms with Crippen LogP contribution in [0, 0.1) is 0 Å². The van der Waals surface area contributed by atoms with Crippen LogP contribution in [0.4, 0.5) is 0 Å². The first kappa shape index (κ1) is 8.25. The molecule has 12 heavy (non-hydrogen) atoms. The summed E-state index contributed by atoms with van der Waals surface area (Å²) in [5, 5.41) is 0. The molecule has 6 nitrogen and oxygen atoms in total. The Hall–Kier alpha value is -1.85. The molecule has 0 saturated carbocycles. The molecule has 0 fully saturated rings. The SMILES string of the molecule is COc1nc[nH]c(=O)c1C(N)=O. The first-order valence-corrected chi connectivity index (χ1v) is 3.08. The van der Waals surface area contributed by atoms with Gasteiger partial charge in [-0.05, 0) is 0 Å². The molecule has 0 aliphatic carbocycles. The third-order valence-electron chi connectivity index (χ3n) is 1.26. The Balaban J connectivity index is 3.40. The molecule has 0 aliphatic rings. The predicted molar refractivity (Wildman–Crippen MR) is 39.9 cm³/mol. The average Bonchev–Trinajstić information content (AvgIpc) is 2.03. The molecule has 6 heteroatoms. The number of rotatable bonds is 2. The number of hydrogen-bond donors (Lipinski definition) is 2. The maximum Gasteiger partial charge on any atom is 0.267 e. The summed E-state index contributed by atoms with van der Waals surface area (Å²) in [7, 11) is 1.30. The van der Waals surface area contributed by atoms with Crippen LogP contribution in [0.3, 0.4) is 0 Å². The van der Waals surface area contributed by atoms with Gasteiger partial charge in [0.05, 0.1) is 13.4 Å². The van der Waals surface area contributed by atoms with Crippen LogP contribution >= 0.6 is 0 Å². The van der Waals surface area contributed by atoms with Crippen molar-refractivity contribution in [1.82, 2.24) is 9.97 Å². The zero-order valence-corrected chi connectivity index (χ0v) is 6.33. The van der Waals surface area contributed by atoms with E-state index in [2.05, 4.69) is 14.7 Å². The lowest BCUT2D eigenvalue weighted by atomic mass is 10.3. The highest BCUT2D eigenvalue weighted by atomic mass is 16.5. The van der Waals surface area contributed by atoms with E-state index in [1.54, 1.807) is 0 Å². The topological polar surface area (TPSA) is 98.1 Å². The second-order valence-electron chi connectivity index (χ2n) is 1.98. The van der Waals surface area contributed by atoms with Gasteiger partial charge in [-0.3, -0.25) is 9.59 Å². The molecule has 0 aromatic carbocycles. The van der Waals surface area contributed by atoms with Crippen molar-refractivity contribution in [2.75, 3.05) is 7.11 Å². The molecule has 1 amide bonds. The lowest BCUT2D eigenvalue weighted by molar-refractivity contribution is 0.0995. The third-order valence-corrected chi connectivity index (χ3v) is 1.26. The van der Waals surface area contributed by atoms with E-state index in [-0.39, 0.29) is 11.4 Å². The number of aromatic nitrogens is 2. The minimum atomic E-state index is -0.860. The molecule has 0 atom stereocenters. The largest absolute Gasteiger partial charge is 0.480 e. The lowest BCUT2D eigenvalue weighted by Gasteiger charge is -2.00. The van der Waals surface area contributed by atoms with Crippen molar-refractivity contribution in [2.45, 2.75) is 0 Å². The van der Waals surface area contributed by atoms with Crippen LogP contribution in [0.15, 0.2) is 11.1 Å². The van der Waals surface area contributed by atoms with Crippen LogP contribution in [0.5, 0.6) is 5.88 Å². The van der Waals surface area contributed by atoms with Crippen molar-refractivity contribution in [3.63, 3.8) is 0 Å². The van der Waals surface area contributed by atoms with Gasteiger partial charge in [0, 0.05) is 0 Å². The van der Waals surface area contributed by atoms with E-state index in [0.717, 1.165) is 6.33 Å². The van der Waals surface area contributed by atoms with Crippen LogP contribution in [0.25, 0.3) is 0 Å². The highest BCUT2D eigenvalue weighted by Gasteiger charge is 2.13. The summed E-state index contributed by atoms with van der Waals surface area (Å²) in [6, 6.07) is 0. The highest BCUT2D eigenvalue weighted by Crippen LogP contribution is 2.06. The number of primary amides is 1. The van der Waals surface area contributed by atoms with Crippen molar-refractivity contribution in [2.24, 2.45) is 5.73 Å². The summed E-state index contributed by atoms with van der Waals surface area (Å²) in [4.78, 5) is 27.5. The molecule has 0 radical (unpaired) electrons. The van der Waals surface area contributed by atoms with E-state index < -0.39 is 11.5 Å². The van der Waals surface area contributed by atoms with E-state index in [1.165, 1.54) is 7.11 Å². The van der Waals surface area contributed by atoms with Gasteiger partial charge >= 0.3 is 0 Å². The maximum absolute atomic E-state index is 11.0. The molecule has 3 N–H and O–H groups in total. The third kappa shape index (κ3) is 1.26. The quantitative estimate of drug-likeness (QED) is 0.585. The Morgan fingerprint density at radius 3 is 2.83 bits per heavy atom. The smallest absolute Gasteiger partial charge is 0.267 e. The van der Waals surface area contributed by atoms with Gasteiger partial charge in [0.1, 0.15) is 0 Å². The van der Waals surface area contributed by atoms with Crippen LogP contribution in [0.1, 0.15) is 10.4 Å². The first-order valence-electron chi connectivity index (χ1n) is 3.08. The zero-order valence-electron chi connectivity index (χ0n) is 6.33. The number of ether oxygens (including phenoxy) is 1. The minimum Gasteiger partial charge on any atom is -0.480 e. The predicted octanol–water partition coefficient (Wildman–Crippen LogP) is -1.12. The van der Waals surface area contributed by atoms with Crippen LogP contribution < -0.4 is 16.0 Å². The molecule has 1 aromatic rings. The minimum absolute atomic E-state index is 0.0637. The number of nitrogens with zero attached hydrogens (tertiary/aromatic N) is 1. The summed E-state index contributed by atoms with van der Waals surface area (Å²) < 4.78 is 4.66. The molecule has 1 rings (SSSR count). The summed E-state index contributed by atoms with van der Waals surface area (Å²) in [6.45, 7) is 0. The number of aromatic amines is 1. The highest BCUT2D eigenvalue weighted by molar-refractivity contribution is 5.94. The first-order chi connectivity index (χ1) is 5.66. The van der Waals surface area contributed by atoms with Crippen molar-refractivity contribution in [3.05, 3.63) is 22.2 Å². The fourth-order valence-electron chi connectivity index (χ4n) is 0.755. The zero-order chi connectivity index (χ0) is 9.14. The van der Waals surface area contributed by atoms with Gasteiger partial charge in [-0.25, -0.2) is 4.98 Å². The molecular formula is C6H7N3O3. The van der Waals surface area contributed by atoms with Crippen LogP contribution in [-0.2, 0) is 0 Å². The Kier molecular flexibility index (Phi) is 2.09. The second-order valence-corrected chi connectivity index (χ2v) is 1.98. The van der Waals surface area contributed by atoms with E-state index in [4.69, 9.17) is 5.73 Å². The number of nitrogens with two attached hydrogens (primary N) is 1. The van der Waals surface area contributed by atoms with Crippen molar-refractivity contribution < 1.29 is 9.53 Å². The lowest BCUT2D eigenvalue weighted by Crippen LogP contribution is -2.24. The molecular weight excluding hydrogens is 162 g/mol. The van der Waals surface area contributed by atoms with Gasteiger partial charge in [-0.1, -0.05) is 0 Å². The summed E-state index contributed by atoms with van der Waals surface area (Å²) in [6.07, 6.45) is 1.13. The van der Waals surface area contributed by atoms with Gasteiger partial charge in [0.15, 0.2) is 5.56 Å². The number of H-pyrrole nitrogens is 1. The molecule has 64 valence electrons. The molecule has 0 unspecified atom stereocenters. The number of carbonyl (C=O) groups excluding carboxylic acids is 1. The van der Waals surface area contributed by atoms with Gasteiger partial charge in [-0.15, -0.1) is 0 Å². The van der Waals surface area contributed by atoms with Crippen molar-refractivity contribution in [1.29, 1.82) is 0 Å². The number of carbonyl (C=O) groups is 1. The standard InChI is InChI=1S/C6H7N3O3/c1-12-6-3(4(7)10)5(11)8-2-9-6/h2H,1H3,(H2,7,10)(H,8,9,11). The monoisotopic (exact) mass is 169 g/mol. The molecule has 0 saturated heterocycles. The number of nitrogens with one attached hydrogen (secondary N) is 1. The maximum atomic E-state index is 11.0. The fraction of sp³-hybridized carbons (Fsp3) is 0.167. The van der Waals surface area contributed by atoms with Crippen LogP contribution in [-0.4, -0.2) is 23.0 Å². The van der Waals surface area contributed by atoms with Crippen molar-refractivity contribution in [3.8, 4) is 5.88 Å². The Labute approximate surface area is 67.4 Å². The summed E-state index contributed by atoms with van der Waals surface area (Å²) >= 11 is 0. The summed E-state index contributed by atoms with van der Waals surface area (Å²) in [5.41, 5.74) is 4.05. The van der Waals surface area contributed by atoms with Gasteiger partial charge < -0.3 is 15.5 Å². The Morgan fingerprint density at radius 2 is 2.42 bits per heavy atom.